The lowest BCUT2D eigenvalue weighted by Gasteiger charge is -2.30. The van der Waals surface area contributed by atoms with E-state index in [9.17, 15) is 9.59 Å². The summed E-state index contributed by atoms with van der Waals surface area (Å²) in [7, 11) is 0. The van der Waals surface area contributed by atoms with Gasteiger partial charge in [0.05, 0.1) is 24.5 Å². The smallest absolute Gasteiger partial charge is 0.287 e. The van der Waals surface area contributed by atoms with Gasteiger partial charge in [-0.3, -0.25) is 9.59 Å². The van der Waals surface area contributed by atoms with Crippen LogP contribution in [0.4, 0.5) is 0 Å². The van der Waals surface area contributed by atoms with Gasteiger partial charge in [-0.25, -0.2) is 0 Å². The zero-order valence-electron chi connectivity index (χ0n) is 15.2. The first-order valence-electron chi connectivity index (χ1n) is 9.86. The van der Waals surface area contributed by atoms with Crippen LogP contribution in [0.3, 0.4) is 0 Å². The minimum absolute atomic E-state index is 0.162. The second kappa shape index (κ2) is 5.84. The van der Waals surface area contributed by atoms with Gasteiger partial charge >= 0.3 is 0 Å². The minimum Gasteiger partial charge on any atom is -0.459 e. The highest BCUT2D eigenvalue weighted by molar-refractivity contribution is 5.92. The van der Waals surface area contributed by atoms with E-state index >= 15 is 0 Å². The number of carbonyl (C=O) groups excluding carboxylic acids is 2. The normalized spacial score (nSPS) is 35.4. The first-order chi connectivity index (χ1) is 12.6. The van der Waals surface area contributed by atoms with Crippen LogP contribution in [-0.2, 0) is 9.53 Å². The highest BCUT2D eigenvalue weighted by Gasteiger charge is 2.63. The first kappa shape index (κ1) is 16.4. The van der Waals surface area contributed by atoms with E-state index in [2.05, 4.69) is 5.32 Å². The average Bonchev–Trinajstić information content (AvgIpc) is 3.30. The monoisotopic (exact) mass is 358 g/mol. The van der Waals surface area contributed by atoms with Crippen LogP contribution in [0.25, 0.3) is 0 Å². The molecule has 0 radical (unpaired) electrons. The lowest BCUT2D eigenvalue weighted by Crippen LogP contribution is -2.41. The topological polar surface area (TPSA) is 71.8 Å². The number of hydrogen-bond donors (Lipinski definition) is 1. The number of fused-ring (bicyclic) bond motifs is 1. The Balaban J connectivity index is 1.26. The van der Waals surface area contributed by atoms with Gasteiger partial charge in [0, 0.05) is 36.4 Å². The molecule has 26 heavy (non-hydrogen) atoms. The molecule has 3 saturated heterocycles. The molecule has 1 saturated carbocycles. The summed E-state index contributed by atoms with van der Waals surface area (Å²) >= 11 is 0. The summed E-state index contributed by atoms with van der Waals surface area (Å²) < 4.78 is 11.7. The first-order valence-corrected chi connectivity index (χ1v) is 9.86. The Labute approximate surface area is 153 Å². The highest BCUT2D eigenvalue weighted by Crippen LogP contribution is 2.55. The number of aryl methyl sites for hydroxylation is 1. The van der Waals surface area contributed by atoms with Crippen molar-refractivity contribution in [2.75, 3.05) is 19.6 Å². The predicted octanol–water partition coefficient (Wildman–Crippen LogP) is 2.12. The van der Waals surface area contributed by atoms with E-state index in [1.807, 2.05) is 11.8 Å². The molecule has 4 fully saturated rings. The molecule has 3 aliphatic heterocycles. The van der Waals surface area contributed by atoms with Crippen LogP contribution >= 0.6 is 0 Å². The molecular formula is C20H26N2O4. The summed E-state index contributed by atoms with van der Waals surface area (Å²) in [5.74, 6) is 1.40. The number of amides is 2. The molecule has 0 aromatic carbocycles. The van der Waals surface area contributed by atoms with Gasteiger partial charge < -0.3 is 19.4 Å². The van der Waals surface area contributed by atoms with E-state index in [0.717, 1.165) is 44.3 Å². The molecule has 4 aliphatic rings. The summed E-state index contributed by atoms with van der Waals surface area (Å²) in [6.45, 7) is 3.98. The fourth-order valence-corrected chi connectivity index (χ4v) is 5.44. The SMILES string of the molecule is Cc1ccoc1C(=O)NC[C@H]1[C@H]2CN(C(=O)C3CCC3)C[C@]23CC[C@H]1O3. The average molecular weight is 358 g/mol. The van der Waals surface area contributed by atoms with Crippen LogP contribution in [0.15, 0.2) is 16.7 Å². The Hall–Kier alpha value is -1.82. The van der Waals surface area contributed by atoms with Crippen molar-refractivity contribution in [2.24, 2.45) is 17.8 Å². The van der Waals surface area contributed by atoms with Gasteiger partial charge in [0.1, 0.15) is 0 Å². The van der Waals surface area contributed by atoms with Gasteiger partial charge in [0.2, 0.25) is 5.91 Å². The molecule has 5 rings (SSSR count). The van der Waals surface area contributed by atoms with Gasteiger partial charge in [0.15, 0.2) is 5.76 Å². The van der Waals surface area contributed by atoms with Crippen molar-refractivity contribution in [3.8, 4) is 0 Å². The molecule has 2 bridgehead atoms. The van der Waals surface area contributed by atoms with Crippen molar-refractivity contribution in [2.45, 2.75) is 50.7 Å². The van der Waals surface area contributed by atoms with Crippen LogP contribution < -0.4 is 5.32 Å². The highest BCUT2D eigenvalue weighted by atomic mass is 16.5. The lowest BCUT2D eigenvalue weighted by atomic mass is 9.73. The third kappa shape index (κ3) is 2.34. The number of rotatable bonds is 4. The van der Waals surface area contributed by atoms with Crippen LogP contribution in [-0.4, -0.2) is 48.1 Å². The summed E-state index contributed by atoms with van der Waals surface area (Å²) in [5.41, 5.74) is 0.682. The van der Waals surface area contributed by atoms with Gasteiger partial charge in [-0.15, -0.1) is 0 Å². The van der Waals surface area contributed by atoms with E-state index in [4.69, 9.17) is 9.15 Å². The molecule has 4 heterocycles. The zero-order chi connectivity index (χ0) is 17.9. The molecular weight excluding hydrogens is 332 g/mol. The molecule has 1 N–H and O–H groups in total. The van der Waals surface area contributed by atoms with Gasteiger partial charge in [-0.1, -0.05) is 6.42 Å². The Bertz CT molecular complexity index is 740. The number of carbonyl (C=O) groups is 2. The summed E-state index contributed by atoms with van der Waals surface area (Å²) in [6, 6.07) is 1.80. The number of furan rings is 1. The molecule has 1 aliphatic carbocycles. The largest absolute Gasteiger partial charge is 0.459 e. The quantitative estimate of drug-likeness (QED) is 0.895. The predicted molar refractivity (Wildman–Crippen MR) is 93.5 cm³/mol. The molecule has 1 aromatic heterocycles. The van der Waals surface area contributed by atoms with Crippen molar-refractivity contribution < 1.29 is 18.7 Å². The van der Waals surface area contributed by atoms with E-state index in [0.29, 0.717) is 24.1 Å². The third-order valence-electron chi connectivity index (χ3n) is 7.12. The molecule has 140 valence electrons. The van der Waals surface area contributed by atoms with Gasteiger partial charge in [-0.2, -0.15) is 0 Å². The maximum absolute atomic E-state index is 12.7. The minimum atomic E-state index is -0.167. The molecule has 2 amide bonds. The molecule has 6 heteroatoms. The standard InChI is InChI=1S/C20H26N2O4/c1-12-6-8-25-17(12)18(23)21-9-14-15-10-22(19(24)13-3-2-4-13)11-20(15)7-5-16(14)26-20/h6,8,13-16H,2-5,7,9-11H2,1H3,(H,21,23)/t14-,15+,16+,20+/m0/s1. The molecule has 1 spiro atoms. The summed E-state index contributed by atoms with van der Waals surface area (Å²) in [4.78, 5) is 27.1. The molecule has 4 atom stereocenters. The van der Waals surface area contributed by atoms with Crippen molar-refractivity contribution in [3.63, 3.8) is 0 Å². The number of nitrogens with one attached hydrogen (secondary N) is 1. The number of nitrogens with zero attached hydrogens (tertiary/aromatic N) is 1. The molecule has 0 unspecified atom stereocenters. The number of hydrogen-bond acceptors (Lipinski definition) is 4. The third-order valence-corrected chi connectivity index (χ3v) is 7.12. The Kier molecular flexibility index (Phi) is 3.68. The second-order valence-electron chi connectivity index (χ2n) is 8.52. The maximum Gasteiger partial charge on any atom is 0.287 e. The van der Waals surface area contributed by atoms with E-state index in [1.54, 1.807) is 12.3 Å². The second-order valence-corrected chi connectivity index (χ2v) is 8.52. The van der Waals surface area contributed by atoms with Crippen molar-refractivity contribution in [1.82, 2.24) is 10.2 Å². The van der Waals surface area contributed by atoms with Crippen LogP contribution in [0.5, 0.6) is 0 Å². The summed E-state index contributed by atoms with van der Waals surface area (Å²) in [6.07, 6.45) is 7.08. The zero-order valence-corrected chi connectivity index (χ0v) is 15.2. The van der Waals surface area contributed by atoms with Crippen LogP contribution in [0.2, 0.25) is 0 Å². The van der Waals surface area contributed by atoms with Crippen molar-refractivity contribution in [3.05, 3.63) is 23.7 Å². The van der Waals surface area contributed by atoms with Crippen molar-refractivity contribution >= 4 is 11.8 Å². The summed E-state index contributed by atoms with van der Waals surface area (Å²) in [5, 5.41) is 3.04. The lowest BCUT2D eigenvalue weighted by molar-refractivity contribution is -0.138. The van der Waals surface area contributed by atoms with E-state index in [-0.39, 0.29) is 29.4 Å². The van der Waals surface area contributed by atoms with Crippen LogP contribution in [0.1, 0.15) is 48.2 Å². The Morgan fingerprint density at radius 1 is 1.35 bits per heavy atom. The number of ether oxygens (including phenoxy) is 1. The fourth-order valence-electron chi connectivity index (χ4n) is 5.44. The van der Waals surface area contributed by atoms with Crippen LogP contribution in [0, 0.1) is 24.7 Å². The van der Waals surface area contributed by atoms with E-state index < -0.39 is 0 Å². The molecule has 6 nitrogen and oxygen atoms in total. The van der Waals surface area contributed by atoms with Gasteiger partial charge in [0.25, 0.3) is 5.91 Å². The van der Waals surface area contributed by atoms with Crippen molar-refractivity contribution in [1.29, 1.82) is 0 Å². The number of likely N-dealkylation sites (tertiary alicyclic amines) is 1. The molecule has 1 aromatic rings. The maximum atomic E-state index is 12.7. The van der Waals surface area contributed by atoms with E-state index in [1.165, 1.54) is 6.42 Å². The Morgan fingerprint density at radius 2 is 2.19 bits per heavy atom. The fraction of sp³-hybridized carbons (Fsp3) is 0.700. The Morgan fingerprint density at radius 3 is 2.88 bits per heavy atom. The van der Waals surface area contributed by atoms with Gasteiger partial charge in [-0.05, 0) is 38.7 Å².